The zero-order valence-electron chi connectivity index (χ0n) is 12.5. The first-order valence-electron chi connectivity index (χ1n) is 7.60. The number of rotatable bonds is 5. The third kappa shape index (κ3) is 2.89. The van der Waals surface area contributed by atoms with E-state index in [1.807, 2.05) is 0 Å². The molecule has 0 saturated carbocycles. The van der Waals surface area contributed by atoms with E-state index >= 15 is 0 Å². The summed E-state index contributed by atoms with van der Waals surface area (Å²) in [5.74, 6) is 0. The van der Waals surface area contributed by atoms with Gasteiger partial charge in [0.1, 0.15) is 0 Å². The van der Waals surface area contributed by atoms with E-state index in [1.54, 1.807) is 0 Å². The molecule has 2 heteroatoms. The number of halogens is 1. The van der Waals surface area contributed by atoms with Gasteiger partial charge in [-0.15, -0.1) is 0 Å². The van der Waals surface area contributed by atoms with E-state index in [9.17, 15) is 0 Å². The Morgan fingerprint density at radius 3 is 1.14 bits per heavy atom. The summed E-state index contributed by atoms with van der Waals surface area (Å²) in [5, 5.41) is 5.45. The summed E-state index contributed by atoms with van der Waals surface area (Å²) < 4.78 is 0. The zero-order chi connectivity index (χ0) is 15.3. The van der Waals surface area contributed by atoms with Gasteiger partial charge in [0.15, 0.2) is 0 Å². The Morgan fingerprint density at radius 1 is 0.545 bits per heavy atom. The molecule has 0 atom stereocenters. The third-order valence-corrected chi connectivity index (χ3v) is 10.4. The Kier molecular flexibility index (Phi) is 5.08. The summed E-state index contributed by atoms with van der Waals surface area (Å²) in [5.41, 5.74) is 0. The van der Waals surface area contributed by atoms with Crippen molar-refractivity contribution in [3.63, 3.8) is 0 Å². The van der Waals surface area contributed by atoms with Crippen molar-refractivity contribution in [1.29, 1.82) is 0 Å². The Morgan fingerprint density at radius 2 is 0.864 bits per heavy atom. The first kappa shape index (κ1) is 15.5. The Bertz CT molecular complexity index is 599. The number of alkyl halides is 1. The topological polar surface area (TPSA) is 0 Å². The van der Waals surface area contributed by atoms with Crippen molar-refractivity contribution in [2.75, 3.05) is 11.5 Å². The standard InChI is InChI=1S/C20H20BrP/c21-16-17-22(18-10-4-1-5-11-18,19-12-6-2-7-13-19)20-14-8-3-9-15-20/h1-15,22H,16-17H2. The number of benzene rings is 3. The predicted molar refractivity (Wildman–Crippen MR) is 105 cm³/mol. The molecule has 3 aromatic rings. The fourth-order valence-corrected chi connectivity index (χ4v) is 9.46. The van der Waals surface area contributed by atoms with E-state index in [4.69, 9.17) is 0 Å². The maximum absolute atomic E-state index is 3.71. The molecule has 0 aliphatic heterocycles. The monoisotopic (exact) mass is 370 g/mol. The van der Waals surface area contributed by atoms with Gasteiger partial charge in [0, 0.05) is 0 Å². The zero-order valence-corrected chi connectivity index (χ0v) is 15.0. The van der Waals surface area contributed by atoms with Crippen LogP contribution in [0, 0.1) is 0 Å². The minimum absolute atomic E-state index is 1.01. The van der Waals surface area contributed by atoms with Crippen molar-refractivity contribution in [2.24, 2.45) is 0 Å². The molecule has 0 heterocycles. The van der Waals surface area contributed by atoms with Gasteiger partial charge >= 0.3 is 142 Å². The molecule has 0 nitrogen and oxygen atoms in total. The fourth-order valence-electron chi connectivity index (χ4n) is 3.24. The molecule has 0 saturated heterocycles. The molecule has 0 spiro atoms. The van der Waals surface area contributed by atoms with Gasteiger partial charge < -0.3 is 0 Å². The molecule has 3 rings (SSSR count). The molecule has 0 amide bonds. The average Bonchev–Trinajstić information content (AvgIpc) is 2.62. The van der Waals surface area contributed by atoms with Crippen LogP contribution >= 0.6 is 23.2 Å². The van der Waals surface area contributed by atoms with Gasteiger partial charge in [-0.3, -0.25) is 0 Å². The second-order valence-corrected chi connectivity index (χ2v) is 10.3. The molecule has 0 fully saturated rings. The summed E-state index contributed by atoms with van der Waals surface area (Å²) in [6.45, 7) is 0. The van der Waals surface area contributed by atoms with Crippen molar-refractivity contribution >= 4 is 39.1 Å². The quantitative estimate of drug-likeness (QED) is 0.468. The molecule has 0 radical (unpaired) electrons. The van der Waals surface area contributed by atoms with E-state index < -0.39 is 7.26 Å². The molecule has 0 N–H and O–H groups in total. The van der Waals surface area contributed by atoms with E-state index in [-0.39, 0.29) is 0 Å². The van der Waals surface area contributed by atoms with Crippen molar-refractivity contribution in [2.45, 2.75) is 0 Å². The fraction of sp³-hybridized carbons (Fsp3) is 0.100. The summed E-state index contributed by atoms with van der Waals surface area (Å²) in [6.07, 6.45) is 1.16. The van der Waals surface area contributed by atoms with Crippen LogP contribution in [-0.2, 0) is 0 Å². The van der Waals surface area contributed by atoms with Crippen molar-refractivity contribution in [3.8, 4) is 0 Å². The normalized spacial score (nSPS) is 12.0. The molecule has 0 unspecified atom stereocenters. The molecule has 0 aromatic heterocycles. The van der Waals surface area contributed by atoms with Gasteiger partial charge in [-0.2, -0.15) is 0 Å². The summed E-state index contributed by atoms with van der Waals surface area (Å²) >= 11 is 3.71. The van der Waals surface area contributed by atoms with E-state index in [2.05, 4.69) is 107 Å². The van der Waals surface area contributed by atoms with Crippen LogP contribution in [0.4, 0.5) is 0 Å². The van der Waals surface area contributed by atoms with Gasteiger partial charge in [0.25, 0.3) is 0 Å². The van der Waals surface area contributed by atoms with Crippen molar-refractivity contribution in [3.05, 3.63) is 91.0 Å². The second kappa shape index (κ2) is 7.22. The van der Waals surface area contributed by atoms with Crippen LogP contribution in [0.5, 0.6) is 0 Å². The van der Waals surface area contributed by atoms with Crippen LogP contribution in [0.2, 0.25) is 0 Å². The van der Waals surface area contributed by atoms with E-state index in [1.165, 1.54) is 15.9 Å². The molecule has 22 heavy (non-hydrogen) atoms. The SMILES string of the molecule is BrCC[PH](c1ccccc1)(c1ccccc1)c1ccccc1. The van der Waals surface area contributed by atoms with Crippen LogP contribution in [0.3, 0.4) is 0 Å². The van der Waals surface area contributed by atoms with Crippen LogP contribution in [0.15, 0.2) is 91.0 Å². The van der Waals surface area contributed by atoms with Crippen LogP contribution in [0.25, 0.3) is 0 Å². The molecule has 0 aliphatic carbocycles. The number of hydrogen-bond acceptors (Lipinski definition) is 0. The van der Waals surface area contributed by atoms with E-state index in [0.717, 1.165) is 11.5 Å². The molecule has 3 aromatic carbocycles. The summed E-state index contributed by atoms with van der Waals surface area (Å²) in [4.78, 5) is 0. The van der Waals surface area contributed by atoms with Crippen LogP contribution in [-0.4, -0.2) is 11.5 Å². The number of hydrogen-bond donors (Lipinski definition) is 0. The molecule has 112 valence electrons. The van der Waals surface area contributed by atoms with Crippen molar-refractivity contribution < 1.29 is 0 Å². The second-order valence-electron chi connectivity index (χ2n) is 5.44. The summed E-state index contributed by atoms with van der Waals surface area (Å²) in [6, 6.07) is 33.1. The molecule has 0 aliphatic rings. The maximum atomic E-state index is 3.71. The first-order valence-corrected chi connectivity index (χ1v) is 10.9. The van der Waals surface area contributed by atoms with Crippen molar-refractivity contribution in [1.82, 2.24) is 0 Å². The average molecular weight is 371 g/mol. The minimum atomic E-state index is -1.97. The summed E-state index contributed by atoms with van der Waals surface area (Å²) in [7, 11) is -1.97. The van der Waals surface area contributed by atoms with Gasteiger partial charge in [-0.1, -0.05) is 0 Å². The van der Waals surface area contributed by atoms with Gasteiger partial charge in [0.05, 0.1) is 0 Å². The Balaban J connectivity index is 2.29. The van der Waals surface area contributed by atoms with Gasteiger partial charge in [-0.25, -0.2) is 0 Å². The Labute approximate surface area is 141 Å². The third-order valence-electron chi connectivity index (χ3n) is 4.27. The molecular weight excluding hydrogens is 351 g/mol. The molecule has 0 bridgehead atoms. The van der Waals surface area contributed by atoms with Crippen LogP contribution < -0.4 is 15.9 Å². The van der Waals surface area contributed by atoms with Crippen LogP contribution in [0.1, 0.15) is 0 Å². The van der Waals surface area contributed by atoms with E-state index in [0.29, 0.717) is 0 Å². The van der Waals surface area contributed by atoms with Gasteiger partial charge in [0.2, 0.25) is 0 Å². The van der Waals surface area contributed by atoms with Gasteiger partial charge in [-0.05, 0) is 0 Å². The Hall–Kier alpha value is -1.43. The predicted octanol–water partition coefficient (Wildman–Crippen LogP) is 4.11. The molecular formula is C20H20BrP. The first-order chi connectivity index (χ1) is 10.9.